The normalized spacial score (nSPS) is 12.2. The molecule has 0 saturated heterocycles. The van der Waals surface area contributed by atoms with Gasteiger partial charge in [0, 0.05) is 12.1 Å². The minimum atomic E-state index is -0.350. The molecule has 0 aliphatic rings. The Balaban J connectivity index is 2.29. The first-order valence-corrected chi connectivity index (χ1v) is 7.04. The SMILES string of the molecule is Cn1ncc(NC(CO)c2ccc(Cl)cc2)c(Br)c1=O. The van der Waals surface area contributed by atoms with Gasteiger partial charge in [-0.3, -0.25) is 4.79 Å². The maximum atomic E-state index is 11.8. The summed E-state index contributed by atoms with van der Waals surface area (Å²) in [5, 5.41) is 17.2. The number of hydrogen-bond donors (Lipinski definition) is 2. The third-order valence-electron chi connectivity index (χ3n) is 2.86. The maximum absolute atomic E-state index is 11.8. The van der Waals surface area contributed by atoms with Crippen LogP contribution in [0.5, 0.6) is 0 Å². The summed E-state index contributed by atoms with van der Waals surface area (Å²) in [6.45, 7) is -0.122. The molecular formula is C13H13BrClN3O2. The molecule has 1 unspecified atom stereocenters. The van der Waals surface area contributed by atoms with Crippen LogP contribution in [0, 0.1) is 0 Å². The van der Waals surface area contributed by atoms with Gasteiger partial charge in [0.15, 0.2) is 0 Å². The average Bonchev–Trinajstić information content (AvgIpc) is 2.45. The molecule has 0 radical (unpaired) electrons. The molecule has 5 nitrogen and oxygen atoms in total. The zero-order chi connectivity index (χ0) is 14.7. The maximum Gasteiger partial charge on any atom is 0.282 e. The van der Waals surface area contributed by atoms with Crippen molar-refractivity contribution in [3.63, 3.8) is 0 Å². The molecule has 0 fully saturated rings. The van der Waals surface area contributed by atoms with Crippen LogP contribution in [-0.2, 0) is 7.05 Å². The number of nitrogens with one attached hydrogen (secondary N) is 1. The fourth-order valence-electron chi connectivity index (χ4n) is 1.73. The highest BCUT2D eigenvalue weighted by Crippen LogP contribution is 2.24. The second-order valence-corrected chi connectivity index (χ2v) is 5.46. The highest BCUT2D eigenvalue weighted by molar-refractivity contribution is 9.10. The first-order valence-electron chi connectivity index (χ1n) is 5.87. The van der Waals surface area contributed by atoms with E-state index in [0.717, 1.165) is 5.56 Å². The van der Waals surface area contributed by atoms with E-state index in [1.54, 1.807) is 19.2 Å². The number of aromatic nitrogens is 2. The molecule has 0 bridgehead atoms. The number of nitrogens with zero attached hydrogens (tertiary/aromatic N) is 2. The molecule has 7 heteroatoms. The highest BCUT2D eigenvalue weighted by atomic mass is 79.9. The molecule has 0 amide bonds. The topological polar surface area (TPSA) is 67.2 Å². The van der Waals surface area contributed by atoms with Gasteiger partial charge in [0.1, 0.15) is 4.47 Å². The Morgan fingerprint density at radius 1 is 1.45 bits per heavy atom. The lowest BCUT2D eigenvalue weighted by atomic mass is 10.1. The summed E-state index contributed by atoms with van der Waals surface area (Å²) in [5.74, 6) is 0. The summed E-state index contributed by atoms with van der Waals surface area (Å²) >= 11 is 9.07. The van der Waals surface area contributed by atoms with Crippen molar-refractivity contribution >= 4 is 33.2 Å². The number of halogens is 2. The third kappa shape index (κ3) is 3.20. The molecule has 1 aromatic heterocycles. The Morgan fingerprint density at radius 3 is 2.70 bits per heavy atom. The second-order valence-electron chi connectivity index (χ2n) is 4.23. The largest absolute Gasteiger partial charge is 0.394 e. The van der Waals surface area contributed by atoms with Crippen molar-refractivity contribution < 1.29 is 5.11 Å². The minimum Gasteiger partial charge on any atom is -0.394 e. The molecule has 1 aromatic carbocycles. The average molecular weight is 359 g/mol. The Bertz CT molecular complexity index is 658. The van der Waals surface area contributed by atoms with Crippen molar-refractivity contribution in [1.29, 1.82) is 0 Å². The van der Waals surface area contributed by atoms with Gasteiger partial charge in [-0.25, -0.2) is 4.68 Å². The fraction of sp³-hybridized carbons (Fsp3) is 0.231. The quantitative estimate of drug-likeness (QED) is 0.880. The van der Waals surface area contributed by atoms with E-state index >= 15 is 0 Å². The van der Waals surface area contributed by atoms with E-state index in [0.29, 0.717) is 15.2 Å². The number of aryl methyl sites for hydroxylation is 1. The van der Waals surface area contributed by atoms with Gasteiger partial charge < -0.3 is 10.4 Å². The monoisotopic (exact) mass is 357 g/mol. The van der Waals surface area contributed by atoms with Gasteiger partial charge in [-0.1, -0.05) is 23.7 Å². The van der Waals surface area contributed by atoms with Crippen molar-refractivity contribution in [2.45, 2.75) is 6.04 Å². The van der Waals surface area contributed by atoms with Crippen LogP contribution in [0.3, 0.4) is 0 Å². The number of benzene rings is 1. The van der Waals surface area contributed by atoms with Crippen molar-refractivity contribution in [2.75, 3.05) is 11.9 Å². The van der Waals surface area contributed by atoms with Gasteiger partial charge in [-0.2, -0.15) is 5.10 Å². The number of anilines is 1. The molecule has 0 aliphatic heterocycles. The summed E-state index contributed by atoms with van der Waals surface area (Å²) in [6, 6.07) is 6.78. The van der Waals surface area contributed by atoms with Gasteiger partial charge in [0.2, 0.25) is 0 Å². The van der Waals surface area contributed by atoms with Crippen LogP contribution in [0.4, 0.5) is 5.69 Å². The lowest BCUT2D eigenvalue weighted by Gasteiger charge is -2.18. The lowest BCUT2D eigenvalue weighted by Crippen LogP contribution is -2.23. The molecule has 2 rings (SSSR count). The number of hydrogen-bond acceptors (Lipinski definition) is 4. The first kappa shape index (κ1) is 15.0. The van der Waals surface area contributed by atoms with E-state index in [4.69, 9.17) is 11.6 Å². The molecule has 1 heterocycles. The van der Waals surface area contributed by atoms with E-state index in [1.165, 1.54) is 10.9 Å². The molecule has 0 spiro atoms. The van der Waals surface area contributed by atoms with Crippen LogP contribution in [0.25, 0.3) is 0 Å². The first-order chi connectivity index (χ1) is 9.52. The van der Waals surface area contributed by atoms with E-state index in [9.17, 15) is 9.90 Å². The van der Waals surface area contributed by atoms with Crippen molar-refractivity contribution in [3.05, 3.63) is 55.9 Å². The fourth-order valence-corrected chi connectivity index (χ4v) is 2.33. The number of aliphatic hydroxyl groups excluding tert-OH is 1. The minimum absolute atomic E-state index is 0.122. The molecule has 2 aromatic rings. The van der Waals surface area contributed by atoms with E-state index < -0.39 is 0 Å². The summed E-state index contributed by atoms with van der Waals surface area (Å²) in [4.78, 5) is 11.8. The molecule has 0 saturated carbocycles. The van der Waals surface area contributed by atoms with Crippen molar-refractivity contribution in [1.82, 2.24) is 9.78 Å². The molecule has 20 heavy (non-hydrogen) atoms. The molecule has 0 aliphatic carbocycles. The predicted molar refractivity (Wildman–Crippen MR) is 82.1 cm³/mol. The summed E-state index contributed by atoms with van der Waals surface area (Å²) < 4.78 is 1.60. The standard InChI is InChI=1S/C13H13BrClN3O2/c1-18-13(20)12(14)10(6-16-18)17-11(7-19)8-2-4-9(15)5-3-8/h2-6,11,17,19H,7H2,1H3. The summed E-state index contributed by atoms with van der Waals surface area (Å²) in [5.41, 5.74) is 1.15. The van der Waals surface area contributed by atoms with Gasteiger partial charge in [-0.15, -0.1) is 0 Å². The summed E-state index contributed by atoms with van der Waals surface area (Å²) in [6.07, 6.45) is 1.53. The van der Waals surface area contributed by atoms with Crippen LogP contribution in [-0.4, -0.2) is 21.5 Å². The smallest absolute Gasteiger partial charge is 0.282 e. The van der Waals surface area contributed by atoms with E-state index in [-0.39, 0.29) is 18.2 Å². The Hall–Kier alpha value is -1.37. The van der Waals surface area contributed by atoms with Crippen LogP contribution < -0.4 is 10.9 Å². The molecule has 106 valence electrons. The van der Waals surface area contributed by atoms with Crippen LogP contribution in [0.15, 0.2) is 39.7 Å². The highest BCUT2D eigenvalue weighted by Gasteiger charge is 2.14. The third-order valence-corrected chi connectivity index (χ3v) is 3.88. The number of rotatable bonds is 4. The van der Waals surface area contributed by atoms with Crippen LogP contribution in [0.2, 0.25) is 5.02 Å². The summed E-state index contributed by atoms with van der Waals surface area (Å²) in [7, 11) is 1.57. The van der Waals surface area contributed by atoms with Gasteiger partial charge in [0.05, 0.1) is 24.5 Å². The van der Waals surface area contributed by atoms with Gasteiger partial charge in [-0.05, 0) is 33.6 Å². The zero-order valence-electron chi connectivity index (χ0n) is 10.7. The Kier molecular flexibility index (Phi) is 4.80. The van der Waals surface area contributed by atoms with Crippen LogP contribution in [0.1, 0.15) is 11.6 Å². The van der Waals surface area contributed by atoms with Crippen LogP contribution >= 0.6 is 27.5 Å². The van der Waals surface area contributed by atoms with E-state index in [1.807, 2.05) is 12.1 Å². The van der Waals surface area contributed by atoms with Crippen molar-refractivity contribution in [3.8, 4) is 0 Å². The van der Waals surface area contributed by atoms with Gasteiger partial charge in [0.25, 0.3) is 5.56 Å². The lowest BCUT2D eigenvalue weighted by molar-refractivity contribution is 0.276. The molecule has 2 N–H and O–H groups in total. The van der Waals surface area contributed by atoms with Crippen molar-refractivity contribution in [2.24, 2.45) is 7.05 Å². The molecule has 1 atom stereocenters. The Labute approximate surface area is 129 Å². The zero-order valence-corrected chi connectivity index (χ0v) is 13.0. The number of aliphatic hydroxyl groups is 1. The Morgan fingerprint density at radius 2 is 2.10 bits per heavy atom. The van der Waals surface area contributed by atoms with Gasteiger partial charge >= 0.3 is 0 Å². The second kappa shape index (κ2) is 6.39. The molecular weight excluding hydrogens is 346 g/mol. The van der Waals surface area contributed by atoms with E-state index in [2.05, 4.69) is 26.3 Å². The predicted octanol–water partition coefficient (Wildman–Crippen LogP) is 2.34.